The van der Waals surface area contributed by atoms with Crippen LogP contribution in [0.3, 0.4) is 0 Å². The summed E-state index contributed by atoms with van der Waals surface area (Å²) in [6.45, 7) is 4.32. The minimum absolute atomic E-state index is 0.0306. The molecule has 1 aromatic carbocycles. The number of thiocarbonyl (C=S) groups is 1. The van der Waals surface area contributed by atoms with Gasteiger partial charge in [0.1, 0.15) is 5.75 Å². The van der Waals surface area contributed by atoms with Gasteiger partial charge in [0.25, 0.3) is 0 Å². The van der Waals surface area contributed by atoms with Crippen LogP contribution in [0.1, 0.15) is 43.2 Å². The number of hydrogen-bond acceptors (Lipinski definition) is 3. The number of nitrogens with zero attached hydrogens (tertiary/aromatic N) is 3. The largest absolute Gasteiger partial charge is 0.508 e. The van der Waals surface area contributed by atoms with Crippen molar-refractivity contribution in [1.29, 1.82) is 0 Å². The summed E-state index contributed by atoms with van der Waals surface area (Å²) in [5.41, 5.74) is 3.05. The molecule has 0 bridgehead atoms. The van der Waals surface area contributed by atoms with Gasteiger partial charge in [0, 0.05) is 30.3 Å². The van der Waals surface area contributed by atoms with Gasteiger partial charge in [0.05, 0.1) is 17.8 Å². The van der Waals surface area contributed by atoms with Crippen LogP contribution in [0.15, 0.2) is 67.1 Å². The van der Waals surface area contributed by atoms with Crippen molar-refractivity contribution in [2.75, 3.05) is 4.90 Å². The van der Waals surface area contributed by atoms with E-state index in [-0.39, 0.29) is 17.8 Å². The molecule has 2 N–H and O–H groups in total. The highest BCUT2D eigenvalue weighted by molar-refractivity contribution is 7.80. The quantitative estimate of drug-likeness (QED) is 0.661. The van der Waals surface area contributed by atoms with Crippen molar-refractivity contribution in [2.24, 2.45) is 0 Å². The van der Waals surface area contributed by atoms with E-state index >= 15 is 0 Å². The Labute approximate surface area is 164 Å². The van der Waals surface area contributed by atoms with Crippen molar-refractivity contribution in [3.63, 3.8) is 0 Å². The van der Waals surface area contributed by atoms with E-state index in [1.165, 1.54) is 5.56 Å². The Balaban J connectivity index is 1.81. The van der Waals surface area contributed by atoms with Crippen LogP contribution in [0, 0.1) is 0 Å². The van der Waals surface area contributed by atoms with Crippen LogP contribution in [0.5, 0.6) is 5.75 Å². The number of hydrogen-bond donors (Lipinski definition) is 2. The molecule has 1 saturated heterocycles. The van der Waals surface area contributed by atoms with E-state index in [2.05, 4.69) is 52.1 Å². The highest BCUT2D eigenvalue weighted by atomic mass is 32.1. The van der Waals surface area contributed by atoms with Crippen LogP contribution >= 0.6 is 12.2 Å². The number of pyridine rings is 1. The Hall–Kier alpha value is -2.86. The van der Waals surface area contributed by atoms with Gasteiger partial charge in [0.2, 0.25) is 0 Å². The van der Waals surface area contributed by atoms with E-state index in [4.69, 9.17) is 12.2 Å². The van der Waals surface area contributed by atoms with Gasteiger partial charge in [-0.3, -0.25) is 4.98 Å². The van der Waals surface area contributed by atoms with Crippen LogP contribution in [-0.2, 0) is 0 Å². The lowest BCUT2D eigenvalue weighted by Gasteiger charge is -2.27. The van der Waals surface area contributed by atoms with Crippen molar-refractivity contribution in [3.8, 4) is 5.75 Å². The van der Waals surface area contributed by atoms with Crippen LogP contribution in [0.25, 0.3) is 0 Å². The van der Waals surface area contributed by atoms with Gasteiger partial charge in [-0.1, -0.05) is 6.07 Å². The summed E-state index contributed by atoms with van der Waals surface area (Å²) in [4.78, 5) is 6.66. The predicted molar refractivity (Wildman–Crippen MR) is 111 cm³/mol. The number of aromatic hydroxyl groups is 1. The molecule has 4 rings (SSSR count). The SMILES string of the molecule is CC(C)n1ccc([C@@H]2[C@H](c3ccccn3)NC(=S)N2c2ccc(O)cc2)c1. The topological polar surface area (TPSA) is 53.3 Å². The molecular formula is C21H22N4OS. The zero-order valence-electron chi connectivity index (χ0n) is 15.3. The molecule has 0 radical (unpaired) electrons. The zero-order chi connectivity index (χ0) is 19.0. The maximum Gasteiger partial charge on any atom is 0.174 e. The molecule has 0 spiro atoms. The standard InChI is InChI=1S/C21H22N4OS/c1-14(2)24-12-10-15(13-24)20-19(18-5-3-4-11-22-18)23-21(27)25(20)16-6-8-17(26)9-7-16/h3-14,19-20,26H,1-2H3,(H,23,27)/t19-,20+/m0/s1. The fourth-order valence-corrected chi connectivity index (χ4v) is 3.86. The molecule has 3 aromatic rings. The lowest BCUT2D eigenvalue weighted by Crippen LogP contribution is -2.29. The highest BCUT2D eigenvalue weighted by Crippen LogP contribution is 2.41. The Morgan fingerprint density at radius 2 is 1.89 bits per heavy atom. The van der Waals surface area contributed by atoms with Gasteiger partial charge in [-0.05, 0) is 74.1 Å². The summed E-state index contributed by atoms with van der Waals surface area (Å²) in [5.74, 6) is 0.237. The van der Waals surface area contributed by atoms with Crippen molar-refractivity contribution < 1.29 is 5.11 Å². The van der Waals surface area contributed by atoms with Crippen LogP contribution in [0.4, 0.5) is 5.69 Å². The van der Waals surface area contributed by atoms with Crippen LogP contribution in [-0.4, -0.2) is 19.8 Å². The second-order valence-corrected chi connectivity index (χ2v) is 7.39. The molecular weight excluding hydrogens is 356 g/mol. The number of aromatic nitrogens is 2. The lowest BCUT2D eigenvalue weighted by atomic mass is 9.98. The van der Waals surface area contributed by atoms with Gasteiger partial charge in [-0.25, -0.2) is 0 Å². The number of rotatable bonds is 4. The molecule has 0 amide bonds. The third-order valence-electron chi connectivity index (χ3n) is 4.90. The van der Waals surface area contributed by atoms with Crippen LogP contribution < -0.4 is 10.2 Å². The third-order valence-corrected chi connectivity index (χ3v) is 5.22. The van der Waals surface area contributed by atoms with E-state index in [9.17, 15) is 5.11 Å². The van der Waals surface area contributed by atoms with E-state index in [0.29, 0.717) is 11.2 Å². The van der Waals surface area contributed by atoms with Crippen molar-refractivity contribution in [1.82, 2.24) is 14.9 Å². The highest BCUT2D eigenvalue weighted by Gasteiger charge is 2.41. The van der Waals surface area contributed by atoms with E-state index in [1.54, 1.807) is 18.3 Å². The normalized spacial score (nSPS) is 19.5. The zero-order valence-corrected chi connectivity index (χ0v) is 16.1. The van der Waals surface area contributed by atoms with Gasteiger partial charge in [-0.15, -0.1) is 0 Å². The summed E-state index contributed by atoms with van der Waals surface area (Å²) >= 11 is 5.69. The molecule has 5 nitrogen and oxygen atoms in total. The second kappa shape index (κ2) is 7.04. The summed E-state index contributed by atoms with van der Waals surface area (Å²) in [7, 11) is 0. The second-order valence-electron chi connectivity index (χ2n) is 7.00. The Morgan fingerprint density at radius 1 is 1.11 bits per heavy atom. The average molecular weight is 379 g/mol. The number of benzene rings is 1. The first-order chi connectivity index (χ1) is 13.0. The summed E-state index contributed by atoms with van der Waals surface area (Å²) in [6, 6.07) is 15.5. The molecule has 2 aromatic heterocycles. The van der Waals surface area contributed by atoms with E-state index in [1.807, 2.05) is 30.3 Å². The minimum atomic E-state index is -0.0597. The Kier molecular flexibility index (Phi) is 4.58. The third kappa shape index (κ3) is 3.28. The minimum Gasteiger partial charge on any atom is -0.508 e. The van der Waals surface area contributed by atoms with Crippen molar-refractivity contribution in [3.05, 3.63) is 78.4 Å². The van der Waals surface area contributed by atoms with Gasteiger partial charge >= 0.3 is 0 Å². The van der Waals surface area contributed by atoms with Crippen molar-refractivity contribution >= 4 is 23.0 Å². The number of phenolic OH excluding ortho intramolecular Hbond substituents is 1. The average Bonchev–Trinajstić information content (AvgIpc) is 3.28. The Bertz CT molecular complexity index is 936. The van der Waals surface area contributed by atoms with E-state index in [0.717, 1.165) is 11.4 Å². The molecule has 0 unspecified atom stereocenters. The van der Waals surface area contributed by atoms with Gasteiger partial charge < -0.3 is 19.9 Å². The predicted octanol–water partition coefficient (Wildman–Crippen LogP) is 4.35. The first kappa shape index (κ1) is 17.5. The first-order valence-electron chi connectivity index (χ1n) is 9.01. The molecule has 1 aliphatic heterocycles. The van der Waals surface area contributed by atoms with E-state index < -0.39 is 0 Å². The number of nitrogens with one attached hydrogen (secondary N) is 1. The molecule has 2 atom stereocenters. The molecule has 27 heavy (non-hydrogen) atoms. The summed E-state index contributed by atoms with van der Waals surface area (Å²) in [6.07, 6.45) is 6.08. The first-order valence-corrected chi connectivity index (χ1v) is 9.42. The maximum atomic E-state index is 9.66. The molecule has 6 heteroatoms. The number of anilines is 1. The smallest absolute Gasteiger partial charge is 0.174 e. The van der Waals surface area contributed by atoms with Crippen molar-refractivity contribution in [2.45, 2.75) is 32.0 Å². The molecule has 1 fully saturated rings. The monoisotopic (exact) mass is 378 g/mol. The maximum absolute atomic E-state index is 9.66. The summed E-state index contributed by atoms with van der Waals surface area (Å²) in [5, 5.41) is 13.8. The lowest BCUT2D eigenvalue weighted by molar-refractivity contribution is 0.475. The fraction of sp³-hybridized carbons (Fsp3) is 0.238. The summed E-state index contributed by atoms with van der Waals surface area (Å²) < 4.78 is 2.20. The molecule has 0 saturated carbocycles. The van der Waals surface area contributed by atoms with Crippen LogP contribution in [0.2, 0.25) is 0 Å². The molecule has 1 aliphatic rings. The molecule has 138 valence electrons. The van der Waals surface area contributed by atoms with Gasteiger partial charge in [0.15, 0.2) is 5.11 Å². The molecule has 3 heterocycles. The number of phenols is 1. The molecule has 0 aliphatic carbocycles. The van der Waals surface area contributed by atoms with Gasteiger partial charge in [-0.2, -0.15) is 0 Å². The Morgan fingerprint density at radius 3 is 2.52 bits per heavy atom. The fourth-order valence-electron chi connectivity index (χ4n) is 3.51.